The second kappa shape index (κ2) is 6.14. The van der Waals surface area contributed by atoms with E-state index in [1.54, 1.807) is 0 Å². The zero-order valence-corrected chi connectivity index (χ0v) is 15.0. The molecule has 1 aliphatic rings. The van der Waals surface area contributed by atoms with Crippen molar-refractivity contribution in [2.45, 2.75) is 97.8 Å². The highest BCUT2D eigenvalue weighted by Crippen LogP contribution is 2.43. The van der Waals surface area contributed by atoms with Crippen LogP contribution in [-0.4, -0.2) is 9.97 Å². The Kier molecular flexibility index (Phi) is 4.85. The number of hydrogen-bond donors (Lipinski definition) is 1. The van der Waals surface area contributed by atoms with E-state index < -0.39 is 0 Å². The van der Waals surface area contributed by atoms with Crippen LogP contribution < -0.4 is 0 Å². The van der Waals surface area contributed by atoms with Gasteiger partial charge in [0.1, 0.15) is 5.82 Å². The number of H-pyrrole nitrogens is 1. The van der Waals surface area contributed by atoms with Crippen LogP contribution in [0, 0.1) is 5.41 Å². The summed E-state index contributed by atoms with van der Waals surface area (Å²) >= 11 is 0. The third-order valence-electron chi connectivity index (χ3n) is 5.07. The number of imidazole rings is 1. The summed E-state index contributed by atoms with van der Waals surface area (Å²) in [5, 5.41) is 0. The van der Waals surface area contributed by atoms with E-state index in [-0.39, 0.29) is 5.41 Å². The smallest absolute Gasteiger partial charge is 0.109 e. The Bertz CT molecular complexity index is 462. The molecule has 0 aliphatic heterocycles. The number of aryl methyl sites for hydroxylation is 1. The zero-order valence-electron chi connectivity index (χ0n) is 15.0. The molecule has 0 amide bonds. The average Bonchev–Trinajstić information content (AvgIpc) is 2.76. The molecule has 0 bridgehead atoms. The van der Waals surface area contributed by atoms with Crippen molar-refractivity contribution in [3.8, 4) is 0 Å². The molecule has 120 valence electrons. The lowest BCUT2D eigenvalue weighted by molar-refractivity contribution is 0.248. The topological polar surface area (TPSA) is 28.7 Å². The van der Waals surface area contributed by atoms with Crippen molar-refractivity contribution >= 4 is 0 Å². The van der Waals surface area contributed by atoms with E-state index in [0.717, 1.165) is 6.42 Å². The summed E-state index contributed by atoms with van der Waals surface area (Å²) in [5.41, 5.74) is 3.36. The quantitative estimate of drug-likeness (QED) is 0.689. The highest BCUT2D eigenvalue weighted by Gasteiger charge is 2.37. The van der Waals surface area contributed by atoms with Crippen molar-refractivity contribution in [3.05, 3.63) is 17.2 Å². The predicted molar refractivity (Wildman–Crippen MR) is 90.9 cm³/mol. The van der Waals surface area contributed by atoms with Gasteiger partial charge in [-0.05, 0) is 37.5 Å². The number of nitrogens with one attached hydrogen (secondary N) is 1. The van der Waals surface area contributed by atoms with Crippen molar-refractivity contribution in [1.82, 2.24) is 9.97 Å². The van der Waals surface area contributed by atoms with E-state index in [0.29, 0.717) is 11.3 Å². The molecule has 0 saturated heterocycles. The Morgan fingerprint density at radius 1 is 1.10 bits per heavy atom. The van der Waals surface area contributed by atoms with Crippen LogP contribution in [0.15, 0.2) is 0 Å². The predicted octanol–water partition coefficient (Wildman–Crippen LogP) is 5.73. The SMILES string of the molecule is CCCC(CCC)c1nc2c([nH]1)CCC(C)(C)CC2(C)C. The maximum absolute atomic E-state index is 5.11. The maximum Gasteiger partial charge on any atom is 0.109 e. The van der Waals surface area contributed by atoms with Crippen LogP contribution in [0.3, 0.4) is 0 Å². The van der Waals surface area contributed by atoms with Gasteiger partial charge in [-0.25, -0.2) is 4.98 Å². The van der Waals surface area contributed by atoms with Gasteiger partial charge in [0.25, 0.3) is 0 Å². The normalized spacial score (nSPS) is 20.3. The number of rotatable bonds is 5. The molecule has 2 heteroatoms. The van der Waals surface area contributed by atoms with Gasteiger partial charge in [-0.15, -0.1) is 0 Å². The fourth-order valence-electron chi connectivity index (χ4n) is 4.31. The van der Waals surface area contributed by atoms with Crippen molar-refractivity contribution in [2.24, 2.45) is 5.41 Å². The average molecular weight is 290 g/mol. The van der Waals surface area contributed by atoms with Gasteiger partial charge in [0.05, 0.1) is 5.69 Å². The summed E-state index contributed by atoms with van der Waals surface area (Å²) in [6, 6.07) is 0. The molecule has 2 nitrogen and oxygen atoms in total. The third kappa shape index (κ3) is 3.70. The van der Waals surface area contributed by atoms with Crippen LogP contribution >= 0.6 is 0 Å². The number of aromatic amines is 1. The van der Waals surface area contributed by atoms with Crippen molar-refractivity contribution in [2.75, 3.05) is 0 Å². The molecule has 2 rings (SSSR count). The van der Waals surface area contributed by atoms with E-state index in [1.165, 1.54) is 55.7 Å². The standard InChI is InChI=1S/C19H34N2/c1-7-9-14(10-8-2)17-20-15-11-12-18(3,4)13-19(5,6)16(15)21-17/h14H,7-13H2,1-6H3,(H,20,21). The van der Waals surface area contributed by atoms with Crippen LogP contribution in [0.25, 0.3) is 0 Å². The molecular formula is C19H34N2. The number of hydrogen-bond acceptors (Lipinski definition) is 1. The molecule has 1 aromatic rings. The summed E-state index contributed by atoms with van der Waals surface area (Å²) in [4.78, 5) is 8.84. The summed E-state index contributed by atoms with van der Waals surface area (Å²) in [7, 11) is 0. The first-order valence-corrected chi connectivity index (χ1v) is 8.88. The van der Waals surface area contributed by atoms with Gasteiger partial charge in [0, 0.05) is 17.0 Å². The first-order valence-electron chi connectivity index (χ1n) is 8.88. The Hall–Kier alpha value is -0.790. The minimum absolute atomic E-state index is 0.188. The second-order valence-corrected chi connectivity index (χ2v) is 8.45. The lowest BCUT2D eigenvalue weighted by atomic mass is 9.74. The molecule has 0 unspecified atom stereocenters. The van der Waals surface area contributed by atoms with Gasteiger partial charge in [-0.3, -0.25) is 0 Å². The molecular weight excluding hydrogens is 256 g/mol. The molecule has 1 heterocycles. The molecule has 0 saturated carbocycles. The number of nitrogens with zero attached hydrogens (tertiary/aromatic N) is 1. The van der Waals surface area contributed by atoms with Crippen molar-refractivity contribution in [3.63, 3.8) is 0 Å². The number of fused-ring (bicyclic) bond motifs is 1. The van der Waals surface area contributed by atoms with Gasteiger partial charge < -0.3 is 4.98 Å². The second-order valence-electron chi connectivity index (χ2n) is 8.45. The maximum atomic E-state index is 5.11. The third-order valence-corrected chi connectivity index (χ3v) is 5.07. The monoisotopic (exact) mass is 290 g/mol. The molecule has 0 radical (unpaired) electrons. The zero-order chi connectivity index (χ0) is 15.7. The van der Waals surface area contributed by atoms with E-state index in [2.05, 4.69) is 46.5 Å². The first kappa shape index (κ1) is 16.6. The van der Waals surface area contributed by atoms with Crippen LogP contribution in [0.1, 0.15) is 103 Å². The Labute approximate surface area is 131 Å². The molecule has 1 aliphatic carbocycles. The lowest BCUT2D eigenvalue weighted by Gasteiger charge is -2.31. The highest BCUT2D eigenvalue weighted by atomic mass is 15.0. The van der Waals surface area contributed by atoms with Crippen LogP contribution in [0.4, 0.5) is 0 Å². The van der Waals surface area contributed by atoms with Gasteiger partial charge >= 0.3 is 0 Å². The summed E-state index contributed by atoms with van der Waals surface area (Å²) in [6.45, 7) is 14.1. The van der Waals surface area contributed by atoms with E-state index >= 15 is 0 Å². The summed E-state index contributed by atoms with van der Waals surface area (Å²) in [6.07, 6.45) is 8.64. The molecule has 0 fully saturated rings. The highest BCUT2D eigenvalue weighted by molar-refractivity contribution is 5.27. The van der Waals surface area contributed by atoms with Crippen LogP contribution in [0.2, 0.25) is 0 Å². The lowest BCUT2D eigenvalue weighted by Crippen LogP contribution is -2.25. The van der Waals surface area contributed by atoms with Crippen molar-refractivity contribution in [1.29, 1.82) is 0 Å². The Balaban J connectivity index is 2.32. The molecule has 0 atom stereocenters. The molecule has 0 spiro atoms. The summed E-state index contributed by atoms with van der Waals surface area (Å²) in [5.74, 6) is 1.88. The fraction of sp³-hybridized carbons (Fsp3) is 0.842. The molecule has 1 N–H and O–H groups in total. The Morgan fingerprint density at radius 2 is 1.71 bits per heavy atom. The van der Waals surface area contributed by atoms with E-state index in [4.69, 9.17) is 4.98 Å². The van der Waals surface area contributed by atoms with Gasteiger partial charge in [0.2, 0.25) is 0 Å². The largest absolute Gasteiger partial charge is 0.345 e. The number of aromatic nitrogens is 2. The Morgan fingerprint density at radius 3 is 2.29 bits per heavy atom. The van der Waals surface area contributed by atoms with Gasteiger partial charge in [-0.1, -0.05) is 54.4 Å². The van der Waals surface area contributed by atoms with E-state index in [1.807, 2.05) is 0 Å². The van der Waals surface area contributed by atoms with E-state index in [9.17, 15) is 0 Å². The van der Waals surface area contributed by atoms with Gasteiger partial charge in [0.15, 0.2) is 0 Å². The molecule has 21 heavy (non-hydrogen) atoms. The minimum Gasteiger partial charge on any atom is -0.345 e. The van der Waals surface area contributed by atoms with Crippen LogP contribution in [-0.2, 0) is 11.8 Å². The first-order chi connectivity index (χ1) is 9.79. The van der Waals surface area contributed by atoms with Crippen LogP contribution in [0.5, 0.6) is 0 Å². The fourth-order valence-corrected chi connectivity index (χ4v) is 4.31. The van der Waals surface area contributed by atoms with Crippen molar-refractivity contribution < 1.29 is 0 Å². The summed E-state index contributed by atoms with van der Waals surface area (Å²) < 4.78 is 0. The minimum atomic E-state index is 0.188. The molecule has 0 aromatic carbocycles. The van der Waals surface area contributed by atoms with Gasteiger partial charge in [-0.2, -0.15) is 0 Å². The molecule has 1 aromatic heterocycles.